The first-order valence-corrected chi connectivity index (χ1v) is 4.57. The van der Waals surface area contributed by atoms with E-state index in [9.17, 15) is 14.7 Å². The molecule has 0 aromatic carbocycles. The number of methoxy groups -OCH3 is 1. The van der Waals surface area contributed by atoms with Crippen molar-refractivity contribution in [1.29, 1.82) is 0 Å². The number of hydrogen-bond acceptors (Lipinski definition) is 6. The van der Waals surface area contributed by atoms with Gasteiger partial charge in [0, 0.05) is 6.20 Å². The number of fused-ring (bicyclic) bond motifs is 1. The Morgan fingerprint density at radius 2 is 2.44 bits per heavy atom. The van der Waals surface area contributed by atoms with E-state index < -0.39 is 24.1 Å². The molecule has 6 nitrogen and oxygen atoms in total. The van der Waals surface area contributed by atoms with Gasteiger partial charge < -0.3 is 14.6 Å². The molecule has 0 amide bonds. The zero-order valence-corrected chi connectivity index (χ0v) is 8.41. The van der Waals surface area contributed by atoms with Gasteiger partial charge in [-0.05, 0) is 12.1 Å². The Labute approximate surface area is 90.8 Å². The molecule has 1 N–H and O–H groups in total. The molecular formula is C10H9NO5. The maximum absolute atomic E-state index is 11.4. The monoisotopic (exact) mass is 223 g/mol. The maximum atomic E-state index is 11.4. The molecule has 2 rings (SSSR count). The Morgan fingerprint density at radius 3 is 3.12 bits per heavy atom. The van der Waals surface area contributed by atoms with Crippen LogP contribution in [-0.2, 0) is 14.3 Å². The third-order valence-electron chi connectivity index (χ3n) is 2.29. The summed E-state index contributed by atoms with van der Waals surface area (Å²) in [6.07, 6.45) is -1.18. The molecule has 2 atom stereocenters. The minimum absolute atomic E-state index is 0.255. The standard InChI is InChI=1S/C10H9NO5/c1-15-10(14)7(12)8-6-5(9(13)16-8)3-2-4-11-6/h2-4,7-8,12H,1H3/t7-,8+/m1/s1. The molecule has 0 aliphatic carbocycles. The van der Waals surface area contributed by atoms with E-state index in [0.717, 1.165) is 7.11 Å². The number of carbonyl (C=O) groups excluding carboxylic acids is 2. The third-order valence-corrected chi connectivity index (χ3v) is 2.29. The Morgan fingerprint density at radius 1 is 1.69 bits per heavy atom. The molecule has 1 aromatic heterocycles. The third kappa shape index (κ3) is 1.53. The minimum Gasteiger partial charge on any atom is -0.467 e. The molecule has 6 heteroatoms. The van der Waals surface area contributed by atoms with Gasteiger partial charge in [0.05, 0.1) is 18.4 Å². The number of carbonyl (C=O) groups is 2. The van der Waals surface area contributed by atoms with Gasteiger partial charge in [-0.2, -0.15) is 0 Å². The maximum Gasteiger partial charge on any atom is 0.340 e. The highest BCUT2D eigenvalue weighted by molar-refractivity contribution is 5.94. The predicted octanol–water partition coefficient (Wildman–Crippen LogP) is -0.173. The lowest BCUT2D eigenvalue weighted by Crippen LogP contribution is -2.29. The highest BCUT2D eigenvalue weighted by Gasteiger charge is 2.40. The van der Waals surface area contributed by atoms with Crippen molar-refractivity contribution < 1.29 is 24.2 Å². The quantitative estimate of drug-likeness (QED) is 0.700. The average molecular weight is 223 g/mol. The van der Waals surface area contributed by atoms with E-state index in [1.165, 1.54) is 12.3 Å². The number of esters is 2. The smallest absolute Gasteiger partial charge is 0.340 e. The van der Waals surface area contributed by atoms with Gasteiger partial charge in [-0.3, -0.25) is 4.98 Å². The lowest BCUT2D eigenvalue weighted by molar-refractivity contribution is -0.156. The van der Waals surface area contributed by atoms with Crippen molar-refractivity contribution in [2.24, 2.45) is 0 Å². The summed E-state index contributed by atoms with van der Waals surface area (Å²) in [6, 6.07) is 3.10. The van der Waals surface area contributed by atoms with Gasteiger partial charge in [0.2, 0.25) is 0 Å². The molecule has 0 fully saturated rings. The molecule has 0 spiro atoms. The van der Waals surface area contributed by atoms with Crippen LogP contribution in [0.5, 0.6) is 0 Å². The van der Waals surface area contributed by atoms with Crippen molar-refractivity contribution in [1.82, 2.24) is 4.98 Å². The van der Waals surface area contributed by atoms with Crippen molar-refractivity contribution in [3.63, 3.8) is 0 Å². The second-order valence-corrected chi connectivity index (χ2v) is 3.23. The number of aromatic nitrogens is 1. The van der Waals surface area contributed by atoms with Crippen molar-refractivity contribution in [2.75, 3.05) is 7.11 Å². The number of hydrogen-bond donors (Lipinski definition) is 1. The van der Waals surface area contributed by atoms with Crippen molar-refractivity contribution in [3.05, 3.63) is 29.6 Å². The number of aliphatic hydroxyl groups is 1. The van der Waals surface area contributed by atoms with Gasteiger partial charge >= 0.3 is 11.9 Å². The Hall–Kier alpha value is -1.95. The van der Waals surface area contributed by atoms with Crippen molar-refractivity contribution in [3.8, 4) is 0 Å². The Kier molecular flexibility index (Phi) is 2.57. The van der Waals surface area contributed by atoms with Gasteiger partial charge in [-0.15, -0.1) is 0 Å². The number of aliphatic hydroxyl groups excluding tert-OH is 1. The van der Waals surface area contributed by atoms with E-state index in [0.29, 0.717) is 0 Å². The van der Waals surface area contributed by atoms with Crippen LogP contribution in [0.15, 0.2) is 18.3 Å². The number of nitrogens with zero attached hydrogens (tertiary/aromatic N) is 1. The van der Waals surface area contributed by atoms with E-state index in [2.05, 4.69) is 9.72 Å². The van der Waals surface area contributed by atoms with E-state index in [1.54, 1.807) is 6.07 Å². The first-order valence-electron chi connectivity index (χ1n) is 4.57. The van der Waals surface area contributed by atoms with Gasteiger partial charge in [0.25, 0.3) is 0 Å². The van der Waals surface area contributed by atoms with Crippen LogP contribution >= 0.6 is 0 Å². The summed E-state index contributed by atoms with van der Waals surface area (Å²) in [7, 11) is 1.14. The molecule has 1 aliphatic rings. The second-order valence-electron chi connectivity index (χ2n) is 3.23. The van der Waals surface area contributed by atoms with Crippen molar-refractivity contribution >= 4 is 11.9 Å². The molecule has 0 saturated heterocycles. The normalized spacial score (nSPS) is 19.9. The van der Waals surface area contributed by atoms with Crippen LogP contribution in [-0.4, -0.2) is 35.2 Å². The zero-order valence-electron chi connectivity index (χ0n) is 8.41. The van der Waals surface area contributed by atoms with E-state index in [1.807, 2.05) is 0 Å². The van der Waals surface area contributed by atoms with Gasteiger partial charge in [0.15, 0.2) is 12.2 Å². The average Bonchev–Trinajstić information content (AvgIpc) is 2.65. The number of pyridine rings is 1. The fourth-order valence-electron chi connectivity index (χ4n) is 1.51. The van der Waals surface area contributed by atoms with E-state index in [-0.39, 0.29) is 11.3 Å². The minimum atomic E-state index is -1.55. The second kappa shape index (κ2) is 3.90. The highest BCUT2D eigenvalue weighted by Crippen LogP contribution is 2.31. The molecule has 2 heterocycles. The first-order chi connectivity index (χ1) is 7.65. The lowest BCUT2D eigenvalue weighted by atomic mass is 10.1. The largest absolute Gasteiger partial charge is 0.467 e. The van der Waals surface area contributed by atoms with Crippen molar-refractivity contribution in [2.45, 2.75) is 12.2 Å². The molecule has 0 bridgehead atoms. The molecule has 1 aliphatic heterocycles. The summed E-state index contributed by atoms with van der Waals surface area (Å²) >= 11 is 0. The zero-order chi connectivity index (χ0) is 11.7. The summed E-state index contributed by atoms with van der Waals surface area (Å²) in [5, 5.41) is 9.59. The van der Waals surface area contributed by atoms with Gasteiger partial charge in [-0.1, -0.05) is 0 Å². The Balaban J connectivity index is 2.34. The summed E-state index contributed by atoms with van der Waals surface area (Å²) in [6.45, 7) is 0. The predicted molar refractivity (Wildman–Crippen MR) is 50.4 cm³/mol. The fourth-order valence-corrected chi connectivity index (χ4v) is 1.51. The lowest BCUT2D eigenvalue weighted by Gasteiger charge is -2.14. The molecule has 1 aromatic rings. The molecule has 16 heavy (non-hydrogen) atoms. The SMILES string of the molecule is COC(=O)[C@H](O)[C@H]1OC(=O)c2cccnc21. The molecule has 0 unspecified atom stereocenters. The van der Waals surface area contributed by atoms with Crippen LogP contribution in [0.2, 0.25) is 0 Å². The van der Waals surface area contributed by atoms with Crippen LogP contribution in [0.1, 0.15) is 22.2 Å². The fraction of sp³-hybridized carbons (Fsp3) is 0.300. The summed E-state index contributed by atoms with van der Waals surface area (Å²) in [4.78, 5) is 26.4. The van der Waals surface area contributed by atoms with Crippen LogP contribution in [0, 0.1) is 0 Å². The van der Waals surface area contributed by atoms with Gasteiger partial charge in [-0.25, -0.2) is 9.59 Å². The van der Waals surface area contributed by atoms with Crippen LogP contribution in [0.25, 0.3) is 0 Å². The highest BCUT2D eigenvalue weighted by atomic mass is 16.6. The molecule has 0 radical (unpaired) electrons. The summed E-state index contributed by atoms with van der Waals surface area (Å²) in [5.41, 5.74) is 0.515. The van der Waals surface area contributed by atoms with Crippen LogP contribution in [0.3, 0.4) is 0 Å². The van der Waals surface area contributed by atoms with Crippen LogP contribution in [0.4, 0.5) is 0 Å². The number of cyclic esters (lactones) is 1. The number of ether oxygens (including phenoxy) is 2. The summed E-state index contributed by atoms with van der Waals surface area (Å²) < 4.78 is 9.23. The number of rotatable bonds is 2. The topological polar surface area (TPSA) is 85.7 Å². The first kappa shape index (κ1) is 10.6. The molecule has 0 saturated carbocycles. The van der Waals surface area contributed by atoms with Gasteiger partial charge in [0.1, 0.15) is 0 Å². The van der Waals surface area contributed by atoms with E-state index >= 15 is 0 Å². The summed E-state index contributed by atoms with van der Waals surface area (Å²) in [5.74, 6) is -1.47. The van der Waals surface area contributed by atoms with Crippen LogP contribution < -0.4 is 0 Å². The Bertz CT molecular complexity index is 445. The van der Waals surface area contributed by atoms with E-state index in [4.69, 9.17) is 4.74 Å². The molecule has 84 valence electrons. The molecular weight excluding hydrogens is 214 g/mol.